The SMILES string of the molecule is CC1=C(C(=O)Nc2ccccc2C)[C@@H](c2ccc(N(C)C)cc2)NC(=S)N1. The number of nitrogens with zero attached hydrogens (tertiary/aromatic N) is 1. The van der Waals surface area contributed by atoms with E-state index in [0.717, 1.165) is 28.2 Å². The molecule has 0 spiro atoms. The maximum absolute atomic E-state index is 13.1. The highest BCUT2D eigenvalue weighted by Crippen LogP contribution is 2.29. The van der Waals surface area contributed by atoms with Gasteiger partial charge in [-0.05, 0) is 55.4 Å². The fourth-order valence-corrected chi connectivity index (χ4v) is 3.38. The van der Waals surface area contributed by atoms with Crippen LogP contribution in [0.5, 0.6) is 0 Å². The van der Waals surface area contributed by atoms with Gasteiger partial charge in [-0.1, -0.05) is 30.3 Å². The summed E-state index contributed by atoms with van der Waals surface area (Å²) in [6, 6.07) is 15.5. The van der Waals surface area contributed by atoms with E-state index in [9.17, 15) is 4.79 Å². The molecule has 0 aliphatic carbocycles. The van der Waals surface area contributed by atoms with Gasteiger partial charge in [0.05, 0.1) is 11.6 Å². The number of thiocarbonyl (C=S) groups is 1. The van der Waals surface area contributed by atoms with Crippen molar-refractivity contribution < 1.29 is 4.79 Å². The van der Waals surface area contributed by atoms with Crippen molar-refractivity contribution >= 4 is 34.6 Å². The lowest BCUT2D eigenvalue weighted by Crippen LogP contribution is -2.45. The Hall–Kier alpha value is -2.86. The molecular formula is C21H24N4OS. The van der Waals surface area contributed by atoms with Crippen LogP contribution in [0.2, 0.25) is 0 Å². The average Bonchev–Trinajstić information content (AvgIpc) is 2.63. The van der Waals surface area contributed by atoms with Crippen LogP contribution in [-0.4, -0.2) is 25.1 Å². The second kappa shape index (κ2) is 7.80. The molecule has 1 heterocycles. The van der Waals surface area contributed by atoms with Crippen LogP contribution < -0.4 is 20.9 Å². The first-order chi connectivity index (χ1) is 12.9. The molecule has 0 saturated carbocycles. The van der Waals surface area contributed by atoms with E-state index in [0.29, 0.717) is 10.7 Å². The highest BCUT2D eigenvalue weighted by atomic mass is 32.1. The van der Waals surface area contributed by atoms with Crippen molar-refractivity contribution in [3.05, 3.63) is 70.9 Å². The molecule has 1 aliphatic rings. The normalized spacial score (nSPS) is 16.4. The third-order valence-corrected chi connectivity index (χ3v) is 4.87. The first-order valence-electron chi connectivity index (χ1n) is 8.79. The van der Waals surface area contributed by atoms with E-state index >= 15 is 0 Å². The van der Waals surface area contributed by atoms with Gasteiger partial charge in [0.25, 0.3) is 5.91 Å². The molecule has 1 aliphatic heterocycles. The summed E-state index contributed by atoms with van der Waals surface area (Å²) in [4.78, 5) is 15.1. The summed E-state index contributed by atoms with van der Waals surface area (Å²) in [6.45, 7) is 3.85. The van der Waals surface area contributed by atoms with Crippen molar-refractivity contribution in [2.45, 2.75) is 19.9 Å². The molecule has 0 aromatic heterocycles. The van der Waals surface area contributed by atoms with Crippen molar-refractivity contribution in [3.8, 4) is 0 Å². The maximum atomic E-state index is 13.1. The number of aryl methyl sites for hydroxylation is 1. The Morgan fingerprint density at radius 3 is 2.37 bits per heavy atom. The number of rotatable bonds is 4. The summed E-state index contributed by atoms with van der Waals surface area (Å²) < 4.78 is 0. The summed E-state index contributed by atoms with van der Waals surface area (Å²) in [6.07, 6.45) is 0. The van der Waals surface area contributed by atoms with E-state index in [1.54, 1.807) is 0 Å². The van der Waals surface area contributed by atoms with E-state index in [-0.39, 0.29) is 11.9 Å². The third-order valence-electron chi connectivity index (χ3n) is 4.65. The number of carbonyl (C=O) groups is 1. The van der Waals surface area contributed by atoms with Crippen LogP contribution in [0, 0.1) is 6.92 Å². The molecule has 0 saturated heterocycles. The number of amides is 1. The van der Waals surface area contributed by atoms with Crippen LogP contribution in [0.25, 0.3) is 0 Å². The molecule has 0 radical (unpaired) electrons. The largest absolute Gasteiger partial charge is 0.378 e. The molecule has 2 aromatic rings. The molecule has 140 valence electrons. The number of anilines is 2. The zero-order chi connectivity index (χ0) is 19.6. The predicted octanol–water partition coefficient (Wildman–Crippen LogP) is 3.49. The molecule has 3 rings (SSSR count). The fraction of sp³-hybridized carbons (Fsp3) is 0.238. The van der Waals surface area contributed by atoms with E-state index in [1.807, 2.05) is 81.4 Å². The number of hydrogen-bond donors (Lipinski definition) is 3. The van der Waals surface area contributed by atoms with Crippen LogP contribution in [0.3, 0.4) is 0 Å². The van der Waals surface area contributed by atoms with Gasteiger partial charge in [-0.3, -0.25) is 4.79 Å². The molecule has 0 unspecified atom stereocenters. The van der Waals surface area contributed by atoms with Gasteiger partial charge in [0.15, 0.2) is 5.11 Å². The number of para-hydroxylation sites is 1. The summed E-state index contributed by atoms with van der Waals surface area (Å²) >= 11 is 5.32. The number of carbonyl (C=O) groups excluding carboxylic acids is 1. The van der Waals surface area contributed by atoms with Crippen LogP contribution in [0.4, 0.5) is 11.4 Å². The Kier molecular flexibility index (Phi) is 5.46. The molecular weight excluding hydrogens is 356 g/mol. The summed E-state index contributed by atoms with van der Waals surface area (Å²) in [5, 5.41) is 9.84. The summed E-state index contributed by atoms with van der Waals surface area (Å²) in [5.74, 6) is -0.147. The zero-order valence-electron chi connectivity index (χ0n) is 16.0. The van der Waals surface area contributed by atoms with E-state index in [4.69, 9.17) is 12.2 Å². The van der Waals surface area contributed by atoms with Crippen LogP contribution >= 0.6 is 12.2 Å². The lowest BCUT2D eigenvalue weighted by atomic mass is 9.94. The quantitative estimate of drug-likeness (QED) is 0.709. The first kappa shape index (κ1) is 18.9. The summed E-state index contributed by atoms with van der Waals surface area (Å²) in [5.41, 5.74) is 5.29. The van der Waals surface area contributed by atoms with Gasteiger partial charge in [-0.25, -0.2) is 0 Å². The van der Waals surface area contributed by atoms with Gasteiger partial charge in [-0.2, -0.15) is 0 Å². The smallest absolute Gasteiger partial charge is 0.255 e. The lowest BCUT2D eigenvalue weighted by molar-refractivity contribution is -0.113. The Morgan fingerprint density at radius 2 is 1.74 bits per heavy atom. The zero-order valence-corrected chi connectivity index (χ0v) is 16.8. The van der Waals surface area contributed by atoms with Gasteiger partial charge in [-0.15, -0.1) is 0 Å². The van der Waals surface area contributed by atoms with Crippen LogP contribution in [-0.2, 0) is 4.79 Å². The second-order valence-corrected chi connectivity index (χ2v) is 7.23. The Balaban J connectivity index is 1.94. The van der Waals surface area contributed by atoms with E-state index in [2.05, 4.69) is 16.0 Å². The Labute approximate surface area is 165 Å². The minimum atomic E-state index is -0.306. The fourth-order valence-electron chi connectivity index (χ4n) is 3.11. The molecule has 2 aromatic carbocycles. The molecule has 1 amide bonds. The minimum absolute atomic E-state index is 0.147. The average molecular weight is 381 g/mol. The third kappa shape index (κ3) is 4.11. The number of benzene rings is 2. The molecule has 27 heavy (non-hydrogen) atoms. The van der Waals surface area contributed by atoms with E-state index < -0.39 is 0 Å². The highest BCUT2D eigenvalue weighted by Gasteiger charge is 2.30. The molecule has 1 atom stereocenters. The monoisotopic (exact) mass is 380 g/mol. The minimum Gasteiger partial charge on any atom is -0.378 e. The van der Waals surface area contributed by atoms with Gasteiger partial charge in [0.1, 0.15) is 0 Å². The summed E-state index contributed by atoms with van der Waals surface area (Å²) in [7, 11) is 4.00. The maximum Gasteiger partial charge on any atom is 0.255 e. The Bertz CT molecular complexity index is 903. The number of nitrogens with one attached hydrogen (secondary N) is 3. The topological polar surface area (TPSA) is 56.4 Å². The standard InChI is InChI=1S/C21H24N4OS/c1-13-7-5-6-8-17(13)23-20(26)18-14(2)22-21(27)24-19(18)15-9-11-16(12-10-15)25(3)4/h5-12,19H,1-4H3,(H,23,26)(H2,22,24,27)/t19-/m1/s1. The van der Waals surface area contributed by atoms with Gasteiger partial charge < -0.3 is 20.9 Å². The molecule has 0 fully saturated rings. The van der Waals surface area contributed by atoms with Crippen molar-refractivity contribution in [3.63, 3.8) is 0 Å². The van der Waals surface area contributed by atoms with Gasteiger partial charge in [0, 0.05) is 31.2 Å². The number of allylic oxidation sites excluding steroid dienone is 1. The number of hydrogen-bond acceptors (Lipinski definition) is 3. The predicted molar refractivity (Wildman–Crippen MR) is 115 cm³/mol. The molecule has 5 nitrogen and oxygen atoms in total. The van der Waals surface area contributed by atoms with Gasteiger partial charge in [0.2, 0.25) is 0 Å². The van der Waals surface area contributed by atoms with Crippen LogP contribution in [0.1, 0.15) is 24.1 Å². The van der Waals surface area contributed by atoms with Crippen molar-refractivity contribution in [2.24, 2.45) is 0 Å². The van der Waals surface area contributed by atoms with Crippen LogP contribution in [0.15, 0.2) is 59.8 Å². The van der Waals surface area contributed by atoms with Gasteiger partial charge >= 0.3 is 0 Å². The first-order valence-corrected chi connectivity index (χ1v) is 9.20. The Morgan fingerprint density at radius 1 is 1.07 bits per heavy atom. The van der Waals surface area contributed by atoms with Crippen molar-refractivity contribution in [1.29, 1.82) is 0 Å². The van der Waals surface area contributed by atoms with E-state index in [1.165, 1.54) is 0 Å². The molecule has 6 heteroatoms. The lowest BCUT2D eigenvalue weighted by Gasteiger charge is -2.30. The molecule has 3 N–H and O–H groups in total. The second-order valence-electron chi connectivity index (χ2n) is 6.83. The van der Waals surface area contributed by atoms with Crippen molar-refractivity contribution in [1.82, 2.24) is 10.6 Å². The molecule has 0 bridgehead atoms. The van der Waals surface area contributed by atoms with Crippen molar-refractivity contribution in [2.75, 3.05) is 24.3 Å². The highest BCUT2D eigenvalue weighted by molar-refractivity contribution is 7.80.